The second-order valence-electron chi connectivity index (χ2n) is 5.13. The standard InChI is InChI=1S/C14H23N3O2/c1-5-8-15-12-7-6-11(9-16-12)13(18)17-14(2,3)10-19-4/h6-7,9H,5,8,10H2,1-4H3,(H,15,16)(H,17,18). The highest BCUT2D eigenvalue weighted by molar-refractivity contribution is 5.94. The SMILES string of the molecule is CCCNc1ccc(C(=O)NC(C)(C)COC)cn1. The van der Waals surface area contributed by atoms with E-state index in [4.69, 9.17) is 4.74 Å². The fourth-order valence-corrected chi connectivity index (χ4v) is 1.66. The summed E-state index contributed by atoms with van der Waals surface area (Å²) in [6.45, 7) is 7.26. The second kappa shape index (κ2) is 7.09. The third-order valence-corrected chi connectivity index (χ3v) is 2.54. The van der Waals surface area contributed by atoms with Gasteiger partial charge in [-0.25, -0.2) is 4.98 Å². The molecule has 19 heavy (non-hydrogen) atoms. The van der Waals surface area contributed by atoms with Crippen molar-refractivity contribution in [1.29, 1.82) is 0 Å². The Balaban J connectivity index is 2.62. The number of pyridine rings is 1. The molecule has 0 aromatic carbocycles. The minimum Gasteiger partial charge on any atom is -0.382 e. The van der Waals surface area contributed by atoms with E-state index >= 15 is 0 Å². The molecular formula is C14H23N3O2. The monoisotopic (exact) mass is 265 g/mol. The molecule has 0 aliphatic rings. The van der Waals surface area contributed by atoms with Crippen molar-refractivity contribution in [2.24, 2.45) is 0 Å². The number of nitrogens with one attached hydrogen (secondary N) is 2. The van der Waals surface area contributed by atoms with Crippen LogP contribution in [0, 0.1) is 0 Å². The summed E-state index contributed by atoms with van der Waals surface area (Å²) in [4.78, 5) is 16.2. The number of aromatic nitrogens is 1. The Labute approximate surface area is 114 Å². The first-order valence-corrected chi connectivity index (χ1v) is 6.50. The first-order valence-electron chi connectivity index (χ1n) is 6.50. The number of hydrogen-bond acceptors (Lipinski definition) is 4. The molecule has 1 amide bonds. The Morgan fingerprint density at radius 2 is 2.16 bits per heavy atom. The second-order valence-corrected chi connectivity index (χ2v) is 5.13. The average Bonchev–Trinajstić information content (AvgIpc) is 2.36. The van der Waals surface area contributed by atoms with E-state index in [-0.39, 0.29) is 5.91 Å². The third kappa shape index (κ3) is 5.26. The molecule has 5 nitrogen and oxygen atoms in total. The number of carbonyl (C=O) groups excluding carboxylic acids is 1. The van der Waals surface area contributed by atoms with Gasteiger partial charge in [0.2, 0.25) is 0 Å². The van der Waals surface area contributed by atoms with E-state index in [0.717, 1.165) is 18.8 Å². The zero-order valence-electron chi connectivity index (χ0n) is 12.1. The molecule has 1 rings (SSSR count). The van der Waals surface area contributed by atoms with Crippen LogP contribution in [0.25, 0.3) is 0 Å². The largest absolute Gasteiger partial charge is 0.382 e. The molecule has 0 saturated heterocycles. The number of methoxy groups -OCH3 is 1. The quantitative estimate of drug-likeness (QED) is 0.792. The van der Waals surface area contributed by atoms with Crippen LogP contribution in [0.1, 0.15) is 37.6 Å². The summed E-state index contributed by atoms with van der Waals surface area (Å²) in [5, 5.41) is 6.08. The Morgan fingerprint density at radius 1 is 1.42 bits per heavy atom. The molecule has 106 valence electrons. The molecule has 2 N–H and O–H groups in total. The Kier molecular flexibility index (Phi) is 5.76. The van der Waals surface area contributed by atoms with E-state index < -0.39 is 5.54 Å². The van der Waals surface area contributed by atoms with E-state index in [9.17, 15) is 4.79 Å². The number of hydrogen-bond donors (Lipinski definition) is 2. The minimum absolute atomic E-state index is 0.142. The normalized spacial score (nSPS) is 11.2. The van der Waals surface area contributed by atoms with Crippen molar-refractivity contribution in [3.63, 3.8) is 0 Å². The molecule has 0 radical (unpaired) electrons. The van der Waals surface area contributed by atoms with Crippen molar-refractivity contribution in [3.8, 4) is 0 Å². The molecule has 0 atom stereocenters. The Morgan fingerprint density at radius 3 is 2.68 bits per heavy atom. The van der Waals surface area contributed by atoms with Crippen LogP contribution in [0.3, 0.4) is 0 Å². The van der Waals surface area contributed by atoms with Gasteiger partial charge in [0.05, 0.1) is 17.7 Å². The Bertz CT molecular complexity index is 402. The lowest BCUT2D eigenvalue weighted by Crippen LogP contribution is -2.46. The smallest absolute Gasteiger partial charge is 0.253 e. The molecular weight excluding hydrogens is 242 g/mol. The van der Waals surface area contributed by atoms with E-state index in [0.29, 0.717) is 12.2 Å². The van der Waals surface area contributed by atoms with E-state index in [1.165, 1.54) is 0 Å². The van der Waals surface area contributed by atoms with Gasteiger partial charge >= 0.3 is 0 Å². The number of rotatable bonds is 7. The first kappa shape index (κ1) is 15.4. The number of anilines is 1. The summed E-state index contributed by atoms with van der Waals surface area (Å²) in [5.74, 6) is 0.645. The fourth-order valence-electron chi connectivity index (χ4n) is 1.66. The van der Waals surface area contributed by atoms with Gasteiger partial charge in [-0.1, -0.05) is 6.92 Å². The van der Waals surface area contributed by atoms with Gasteiger partial charge in [0.1, 0.15) is 5.82 Å². The third-order valence-electron chi connectivity index (χ3n) is 2.54. The predicted molar refractivity (Wildman–Crippen MR) is 76.4 cm³/mol. The molecule has 1 aromatic rings. The van der Waals surface area contributed by atoms with Crippen molar-refractivity contribution in [2.45, 2.75) is 32.7 Å². The van der Waals surface area contributed by atoms with Gasteiger partial charge < -0.3 is 15.4 Å². The van der Waals surface area contributed by atoms with Crippen LogP contribution in [0.5, 0.6) is 0 Å². The molecule has 0 unspecified atom stereocenters. The number of nitrogens with zero attached hydrogens (tertiary/aromatic N) is 1. The highest BCUT2D eigenvalue weighted by Gasteiger charge is 2.21. The lowest BCUT2D eigenvalue weighted by Gasteiger charge is -2.25. The lowest BCUT2D eigenvalue weighted by molar-refractivity contribution is 0.0819. The maximum absolute atomic E-state index is 12.0. The number of ether oxygens (including phenoxy) is 1. The van der Waals surface area contributed by atoms with Crippen LogP contribution in [0.4, 0.5) is 5.82 Å². The van der Waals surface area contributed by atoms with Crippen molar-refractivity contribution in [2.75, 3.05) is 25.6 Å². The van der Waals surface area contributed by atoms with Crippen molar-refractivity contribution in [1.82, 2.24) is 10.3 Å². The maximum Gasteiger partial charge on any atom is 0.253 e. The number of carbonyl (C=O) groups is 1. The van der Waals surface area contributed by atoms with Crippen LogP contribution in [0.15, 0.2) is 18.3 Å². The molecule has 0 aliphatic carbocycles. The van der Waals surface area contributed by atoms with Gasteiger partial charge in [0.15, 0.2) is 0 Å². The summed E-state index contributed by atoms with van der Waals surface area (Å²) in [7, 11) is 1.61. The van der Waals surface area contributed by atoms with Gasteiger partial charge in [0, 0.05) is 19.9 Å². The maximum atomic E-state index is 12.0. The molecule has 0 spiro atoms. The van der Waals surface area contributed by atoms with Crippen LogP contribution in [-0.4, -0.2) is 36.7 Å². The van der Waals surface area contributed by atoms with Gasteiger partial charge in [-0.15, -0.1) is 0 Å². The van der Waals surface area contributed by atoms with Crippen LogP contribution >= 0.6 is 0 Å². The van der Waals surface area contributed by atoms with Gasteiger partial charge in [-0.2, -0.15) is 0 Å². The molecule has 0 saturated carbocycles. The van der Waals surface area contributed by atoms with Gasteiger partial charge in [0.25, 0.3) is 5.91 Å². The Hall–Kier alpha value is -1.62. The predicted octanol–water partition coefficient (Wildman–Crippen LogP) is 2.06. The van der Waals surface area contributed by atoms with E-state index in [1.54, 1.807) is 19.4 Å². The molecule has 1 aromatic heterocycles. The minimum atomic E-state index is -0.398. The summed E-state index contributed by atoms with van der Waals surface area (Å²) in [6, 6.07) is 3.58. The van der Waals surface area contributed by atoms with Crippen molar-refractivity contribution < 1.29 is 9.53 Å². The van der Waals surface area contributed by atoms with E-state index in [2.05, 4.69) is 22.5 Å². The lowest BCUT2D eigenvalue weighted by atomic mass is 10.1. The highest BCUT2D eigenvalue weighted by Crippen LogP contribution is 2.08. The zero-order valence-corrected chi connectivity index (χ0v) is 12.1. The van der Waals surface area contributed by atoms with Crippen LogP contribution in [-0.2, 0) is 4.74 Å². The summed E-state index contributed by atoms with van der Waals surface area (Å²) < 4.78 is 5.07. The van der Waals surface area contributed by atoms with E-state index in [1.807, 2.05) is 19.9 Å². The first-order chi connectivity index (χ1) is 8.98. The highest BCUT2D eigenvalue weighted by atomic mass is 16.5. The number of amides is 1. The average molecular weight is 265 g/mol. The topological polar surface area (TPSA) is 63.2 Å². The molecule has 0 aliphatic heterocycles. The molecule has 5 heteroatoms. The van der Waals surface area contributed by atoms with Gasteiger partial charge in [-0.05, 0) is 32.4 Å². The molecule has 0 bridgehead atoms. The zero-order chi connectivity index (χ0) is 14.3. The van der Waals surface area contributed by atoms with Crippen LogP contribution in [0.2, 0.25) is 0 Å². The van der Waals surface area contributed by atoms with Crippen LogP contribution < -0.4 is 10.6 Å². The van der Waals surface area contributed by atoms with Crippen molar-refractivity contribution in [3.05, 3.63) is 23.9 Å². The summed E-state index contributed by atoms with van der Waals surface area (Å²) in [5.41, 5.74) is 0.150. The van der Waals surface area contributed by atoms with Gasteiger partial charge in [-0.3, -0.25) is 4.79 Å². The molecule has 1 heterocycles. The van der Waals surface area contributed by atoms with Crippen molar-refractivity contribution >= 4 is 11.7 Å². The summed E-state index contributed by atoms with van der Waals surface area (Å²) >= 11 is 0. The summed E-state index contributed by atoms with van der Waals surface area (Å²) in [6.07, 6.45) is 2.62. The molecule has 0 fully saturated rings. The fraction of sp³-hybridized carbons (Fsp3) is 0.571.